The third-order valence-electron chi connectivity index (χ3n) is 5.12. The molecule has 0 bridgehead atoms. The van der Waals surface area contributed by atoms with Gasteiger partial charge in [0.15, 0.2) is 11.5 Å². The van der Waals surface area contributed by atoms with Gasteiger partial charge in [0.05, 0.1) is 26.8 Å². The Balaban J connectivity index is 1.57. The largest absolute Gasteiger partial charge is 0.497 e. The lowest BCUT2D eigenvalue weighted by atomic mass is 10.1. The van der Waals surface area contributed by atoms with E-state index in [2.05, 4.69) is 5.32 Å². The molecule has 1 amide bonds. The highest BCUT2D eigenvalue weighted by Crippen LogP contribution is 2.31. The van der Waals surface area contributed by atoms with Crippen molar-refractivity contribution in [3.63, 3.8) is 0 Å². The molecule has 7 heteroatoms. The van der Waals surface area contributed by atoms with Gasteiger partial charge in [-0.05, 0) is 43.8 Å². The van der Waals surface area contributed by atoms with E-state index in [9.17, 15) is 4.79 Å². The molecule has 0 aromatic heterocycles. The number of carbonyl (C=O) groups excluding carboxylic acids is 1. The Morgan fingerprint density at radius 1 is 1.20 bits per heavy atom. The second-order valence-electron chi connectivity index (χ2n) is 7.22. The average Bonchev–Trinajstić information content (AvgIpc) is 2.77. The maximum atomic E-state index is 12.7. The molecular weight excluding hydrogens is 384 g/mol. The number of nitrogens with one attached hydrogen (secondary N) is 1. The van der Waals surface area contributed by atoms with Crippen molar-refractivity contribution in [3.05, 3.63) is 48.0 Å². The second kappa shape index (κ2) is 10.2. The van der Waals surface area contributed by atoms with Crippen LogP contribution in [0.25, 0.3) is 0 Å². The highest BCUT2D eigenvalue weighted by molar-refractivity contribution is 5.78. The minimum atomic E-state index is -0.220. The number of fused-ring (bicyclic) bond motifs is 1. The van der Waals surface area contributed by atoms with Crippen LogP contribution in [0.1, 0.15) is 25.5 Å². The van der Waals surface area contributed by atoms with Crippen molar-refractivity contribution in [2.75, 3.05) is 40.5 Å². The van der Waals surface area contributed by atoms with E-state index in [0.29, 0.717) is 18.9 Å². The number of amides is 1. The van der Waals surface area contributed by atoms with E-state index in [1.807, 2.05) is 61.2 Å². The van der Waals surface area contributed by atoms with E-state index in [-0.39, 0.29) is 24.6 Å². The van der Waals surface area contributed by atoms with Crippen LogP contribution in [0, 0.1) is 0 Å². The maximum absolute atomic E-state index is 12.7. The number of hydrogen-bond acceptors (Lipinski definition) is 6. The molecule has 0 aliphatic carbocycles. The molecule has 1 aliphatic heterocycles. The first kappa shape index (κ1) is 21.8. The zero-order chi connectivity index (χ0) is 21.5. The molecule has 0 saturated heterocycles. The Hall–Kier alpha value is -2.93. The van der Waals surface area contributed by atoms with E-state index < -0.39 is 0 Å². The fourth-order valence-corrected chi connectivity index (χ4v) is 3.49. The number of carbonyl (C=O) groups is 1. The van der Waals surface area contributed by atoms with Crippen molar-refractivity contribution < 1.29 is 23.7 Å². The van der Waals surface area contributed by atoms with Crippen LogP contribution < -0.4 is 24.3 Å². The van der Waals surface area contributed by atoms with Crippen molar-refractivity contribution >= 4 is 5.91 Å². The third-order valence-corrected chi connectivity index (χ3v) is 5.12. The highest BCUT2D eigenvalue weighted by Gasteiger charge is 2.24. The number of rotatable bonds is 9. The monoisotopic (exact) mass is 414 g/mol. The zero-order valence-corrected chi connectivity index (χ0v) is 18.0. The number of nitrogens with zero attached hydrogens (tertiary/aromatic N) is 1. The summed E-state index contributed by atoms with van der Waals surface area (Å²) in [5.41, 5.74) is 0.869. The van der Waals surface area contributed by atoms with Crippen molar-refractivity contribution in [1.29, 1.82) is 0 Å². The van der Waals surface area contributed by atoms with Crippen LogP contribution in [0.5, 0.6) is 23.0 Å². The summed E-state index contributed by atoms with van der Waals surface area (Å²) in [5, 5.41) is 3.05. The second-order valence-corrected chi connectivity index (χ2v) is 7.22. The van der Waals surface area contributed by atoms with Gasteiger partial charge < -0.3 is 24.3 Å². The molecule has 2 atom stereocenters. The molecule has 30 heavy (non-hydrogen) atoms. The lowest BCUT2D eigenvalue weighted by Gasteiger charge is -2.30. The minimum Gasteiger partial charge on any atom is -0.497 e. The van der Waals surface area contributed by atoms with E-state index in [1.54, 1.807) is 14.2 Å². The molecule has 0 radical (unpaired) electrons. The Bertz CT molecular complexity index is 857. The predicted molar refractivity (Wildman–Crippen MR) is 115 cm³/mol. The van der Waals surface area contributed by atoms with Gasteiger partial charge in [-0.15, -0.1) is 0 Å². The van der Waals surface area contributed by atoms with Gasteiger partial charge in [-0.2, -0.15) is 0 Å². The summed E-state index contributed by atoms with van der Waals surface area (Å²) in [5.74, 6) is 2.87. The van der Waals surface area contributed by atoms with Crippen LogP contribution in [0.3, 0.4) is 0 Å². The van der Waals surface area contributed by atoms with Crippen LogP contribution in [0.15, 0.2) is 42.5 Å². The summed E-state index contributed by atoms with van der Waals surface area (Å²) in [6.45, 7) is 6.03. The van der Waals surface area contributed by atoms with Crippen LogP contribution in [0.2, 0.25) is 0 Å². The van der Waals surface area contributed by atoms with Gasteiger partial charge in [-0.25, -0.2) is 0 Å². The van der Waals surface area contributed by atoms with Gasteiger partial charge in [-0.1, -0.05) is 19.1 Å². The van der Waals surface area contributed by atoms with E-state index in [1.165, 1.54) is 0 Å². The van der Waals surface area contributed by atoms with E-state index >= 15 is 0 Å². The molecular formula is C23H30N2O5. The summed E-state index contributed by atoms with van der Waals surface area (Å²) >= 11 is 0. The summed E-state index contributed by atoms with van der Waals surface area (Å²) < 4.78 is 22.5. The van der Waals surface area contributed by atoms with Crippen molar-refractivity contribution in [2.24, 2.45) is 0 Å². The van der Waals surface area contributed by atoms with Gasteiger partial charge in [0.25, 0.3) is 0 Å². The summed E-state index contributed by atoms with van der Waals surface area (Å²) in [7, 11) is 3.23. The fourth-order valence-electron chi connectivity index (χ4n) is 3.49. The van der Waals surface area contributed by atoms with Crippen molar-refractivity contribution in [3.8, 4) is 23.0 Å². The smallest absolute Gasteiger partial charge is 0.234 e. The fraction of sp³-hybridized carbons (Fsp3) is 0.435. The number of benzene rings is 2. The number of likely N-dealkylation sites (N-methyl/N-ethyl adjacent to an activating group) is 1. The standard InChI is InChI=1S/C23H30N2O5/c1-5-25(13-18-15-29-21-8-6-7-9-22(21)30-18)14-23(26)24-16(2)19-12-17(27-3)10-11-20(19)28-4/h6-12,16,18H,5,13-15H2,1-4H3,(H,24,26). The molecule has 0 saturated carbocycles. The molecule has 1 heterocycles. The van der Waals surface area contributed by atoms with Crippen LogP contribution in [-0.4, -0.2) is 57.4 Å². The van der Waals surface area contributed by atoms with Crippen molar-refractivity contribution in [1.82, 2.24) is 10.2 Å². The first-order valence-electron chi connectivity index (χ1n) is 10.2. The lowest BCUT2D eigenvalue weighted by Crippen LogP contribution is -2.45. The van der Waals surface area contributed by atoms with Gasteiger partial charge in [-0.3, -0.25) is 9.69 Å². The minimum absolute atomic E-state index is 0.0636. The molecule has 2 aromatic rings. The maximum Gasteiger partial charge on any atom is 0.234 e. The SMILES string of the molecule is CCN(CC(=O)NC(C)c1cc(OC)ccc1OC)CC1COc2ccccc2O1. The molecule has 2 unspecified atom stereocenters. The van der Waals surface area contributed by atoms with Gasteiger partial charge in [0.2, 0.25) is 5.91 Å². The molecule has 0 spiro atoms. The molecule has 1 N–H and O–H groups in total. The Morgan fingerprint density at radius 3 is 2.67 bits per heavy atom. The molecule has 162 valence electrons. The average molecular weight is 415 g/mol. The van der Waals surface area contributed by atoms with Gasteiger partial charge in [0.1, 0.15) is 24.2 Å². The summed E-state index contributed by atoms with van der Waals surface area (Å²) in [6.07, 6.45) is -0.122. The number of methoxy groups -OCH3 is 2. The molecule has 7 nitrogen and oxygen atoms in total. The molecule has 1 aliphatic rings. The number of para-hydroxylation sites is 2. The highest BCUT2D eigenvalue weighted by atomic mass is 16.6. The van der Waals surface area contributed by atoms with Crippen LogP contribution in [-0.2, 0) is 4.79 Å². The third kappa shape index (κ3) is 5.36. The first-order valence-corrected chi connectivity index (χ1v) is 10.2. The van der Waals surface area contributed by atoms with Crippen LogP contribution in [0.4, 0.5) is 0 Å². The molecule has 3 rings (SSSR count). The predicted octanol–water partition coefficient (Wildman–Crippen LogP) is 3.04. The molecule has 0 fully saturated rings. The Kier molecular flexibility index (Phi) is 7.41. The normalized spacial score (nSPS) is 16.1. The number of hydrogen-bond donors (Lipinski definition) is 1. The Labute approximate surface area is 177 Å². The van der Waals surface area contributed by atoms with Crippen molar-refractivity contribution in [2.45, 2.75) is 26.0 Å². The quantitative estimate of drug-likeness (QED) is 0.680. The summed E-state index contributed by atoms with van der Waals surface area (Å²) in [6, 6.07) is 13.0. The van der Waals surface area contributed by atoms with E-state index in [4.69, 9.17) is 18.9 Å². The van der Waals surface area contributed by atoms with Gasteiger partial charge >= 0.3 is 0 Å². The number of ether oxygens (including phenoxy) is 4. The first-order chi connectivity index (χ1) is 14.5. The Morgan fingerprint density at radius 2 is 1.97 bits per heavy atom. The lowest BCUT2D eigenvalue weighted by molar-refractivity contribution is -0.123. The zero-order valence-electron chi connectivity index (χ0n) is 18.0. The van der Waals surface area contributed by atoms with Gasteiger partial charge in [0, 0.05) is 12.1 Å². The van der Waals surface area contributed by atoms with Crippen LogP contribution >= 0.6 is 0 Å². The topological polar surface area (TPSA) is 69.3 Å². The summed E-state index contributed by atoms with van der Waals surface area (Å²) in [4.78, 5) is 14.7. The van der Waals surface area contributed by atoms with E-state index in [0.717, 1.165) is 29.4 Å². The molecule has 2 aromatic carbocycles.